The minimum absolute atomic E-state index is 0.1000. The molecule has 5 nitrogen and oxygen atoms in total. The van der Waals surface area contributed by atoms with Crippen molar-refractivity contribution in [2.45, 2.75) is 33.7 Å². The van der Waals surface area contributed by atoms with Crippen molar-refractivity contribution in [3.8, 4) is 17.0 Å². The Bertz CT molecular complexity index is 1020. The summed E-state index contributed by atoms with van der Waals surface area (Å²) in [5.41, 5.74) is 8.14. The minimum Gasteiger partial charge on any atom is -0.493 e. The van der Waals surface area contributed by atoms with Crippen molar-refractivity contribution < 1.29 is 5.11 Å². The molecule has 2 heterocycles. The average Bonchev–Trinajstić information content (AvgIpc) is 2.97. The standard InChI is InChI=1S/C21H23N3O2/c1-4-24-8-7-14-16(15-9-12(2)5-6-13(15)3)10-17-19(18(14)11-24)22-21(25)20(17)23-26/h5-6,9-10,22,25H,4,7-8,11H2,1-3H3. The lowest BCUT2D eigenvalue weighted by Gasteiger charge is -2.30. The molecule has 0 radical (unpaired) electrons. The quantitative estimate of drug-likeness (QED) is 0.659. The van der Waals surface area contributed by atoms with Gasteiger partial charge in [-0.25, -0.2) is 0 Å². The molecule has 0 bridgehead atoms. The lowest BCUT2D eigenvalue weighted by atomic mass is 9.86. The highest BCUT2D eigenvalue weighted by Gasteiger charge is 2.25. The highest BCUT2D eigenvalue weighted by molar-refractivity contribution is 6.00. The maximum atomic E-state index is 11.3. The van der Waals surface area contributed by atoms with Crippen LogP contribution in [0.25, 0.3) is 22.0 Å². The van der Waals surface area contributed by atoms with Crippen molar-refractivity contribution in [1.29, 1.82) is 0 Å². The summed E-state index contributed by atoms with van der Waals surface area (Å²) in [5.74, 6) is -0.149. The smallest absolute Gasteiger partial charge is 0.219 e. The number of nitrogens with one attached hydrogen (secondary N) is 1. The number of fused-ring (bicyclic) bond motifs is 3. The van der Waals surface area contributed by atoms with Crippen LogP contribution >= 0.6 is 0 Å². The van der Waals surface area contributed by atoms with Gasteiger partial charge >= 0.3 is 0 Å². The molecular weight excluding hydrogens is 326 g/mol. The Kier molecular flexibility index (Phi) is 4.04. The number of nitrogens with zero attached hydrogens (tertiary/aromatic N) is 2. The molecule has 4 rings (SSSR count). The van der Waals surface area contributed by atoms with Crippen LogP contribution in [0.5, 0.6) is 5.88 Å². The number of rotatable bonds is 3. The molecule has 0 atom stereocenters. The molecule has 3 aromatic rings. The van der Waals surface area contributed by atoms with Crippen LogP contribution in [0.2, 0.25) is 0 Å². The number of hydrogen-bond donors (Lipinski definition) is 2. The Labute approximate surface area is 152 Å². The highest BCUT2D eigenvalue weighted by Crippen LogP contribution is 2.43. The Morgan fingerprint density at radius 1 is 1.19 bits per heavy atom. The van der Waals surface area contributed by atoms with Crippen molar-refractivity contribution in [3.05, 3.63) is 51.4 Å². The molecule has 5 heteroatoms. The first-order valence-corrected chi connectivity index (χ1v) is 9.06. The van der Waals surface area contributed by atoms with E-state index in [1.807, 2.05) is 6.07 Å². The maximum absolute atomic E-state index is 11.3. The second-order valence-electron chi connectivity index (χ2n) is 7.15. The molecule has 1 aliphatic rings. The van der Waals surface area contributed by atoms with E-state index in [1.165, 1.54) is 22.3 Å². The van der Waals surface area contributed by atoms with Crippen LogP contribution in [0.4, 0.5) is 5.69 Å². The van der Waals surface area contributed by atoms with E-state index in [2.05, 4.69) is 54.0 Å². The predicted octanol–water partition coefficient (Wildman–Crippen LogP) is 4.93. The number of benzene rings is 2. The largest absolute Gasteiger partial charge is 0.493 e. The summed E-state index contributed by atoms with van der Waals surface area (Å²) in [6, 6.07) is 8.47. The monoisotopic (exact) mass is 349 g/mol. The van der Waals surface area contributed by atoms with Gasteiger partial charge in [0.25, 0.3) is 0 Å². The zero-order valence-corrected chi connectivity index (χ0v) is 15.4. The first-order chi connectivity index (χ1) is 12.5. The van der Waals surface area contributed by atoms with E-state index in [9.17, 15) is 10.0 Å². The molecule has 2 aromatic carbocycles. The molecule has 2 N–H and O–H groups in total. The Morgan fingerprint density at radius 2 is 2.00 bits per heavy atom. The number of hydrogen-bond acceptors (Lipinski definition) is 4. The number of aryl methyl sites for hydroxylation is 2. The van der Waals surface area contributed by atoms with E-state index >= 15 is 0 Å². The van der Waals surface area contributed by atoms with E-state index in [-0.39, 0.29) is 11.6 Å². The predicted molar refractivity (Wildman–Crippen MR) is 105 cm³/mol. The average molecular weight is 349 g/mol. The van der Waals surface area contributed by atoms with E-state index in [4.69, 9.17) is 0 Å². The van der Waals surface area contributed by atoms with Gasteiger partial charge in [0.1, 0.15) is 0 Å². The van der Waals surface area contributed by atoms with Gasteiger partial charge in [0.15, 0.2) is 5.69 Å². The lowest BCUT2D eigenvalue weighted by molar-refractivity contribution is 0.269. The fourth-order valence-electron chi connectivity index (χ4n) is 4.08. The molecule has 0 unspecified atom stereocenters. The molecule has 1 aromatic heterocycles. The maximum Gasteiger partial charge on any atom is 0.219 e. The molecule has 0 saturated heterocycles. The number of nitroso groups, excluding NO2 is 1. The fraction of sp³-hybridized carbons (Fsp3) is 0.333. The SMILES string of the molecule is CCN1CCc2c(-c3cc(C)ccc3C)cc3c(N=O)c(O)[nH]c3c2C1. The zero-order chi connectivity index (χ0) is 18.4. The van der Waals surface area contributed by atoms with Crippen LogP contribution in [0.15, 0.2) is 29.4 Å². The van der Waals surface area contributed by atoms with Crippen LogP contribution < -0.4 is 0 Å². The van der Waals surface area contributed by atoms with Crippen molar-refractivity contribution >= 4 is 16.6 Å². The van der Waals surface area contributed by atoms with Crippen LogP contribution in [0.1, 0.15) is 29.2 Å². The number of aromatic nitrogens is 1. The first-order valence-electron chi connectivity index (χ1n) is 9.06. The number of likely N-dealkylation sites (N-methyl/N-ethyl adjacent to an activating group) is 1. The van der Waals surface area contributed by atoms with Crippen LogP contribution in [-0.4, -0.2) is 28.1 Å². The van der Waals surface area contributed by atoms with Crippen molar-refractivity contribution in [1.82, 2.24) is 9.88 Å². The van der Waals surface area contributed by atoms with Gasteiger partial charge in [-0.2, -0.15) is 0 Å². The minimum atomic E-state index is -0.149. The van der Waals surface area contributed by atoms with E-state index in [1.54, 1.807) is 0 Å². The molecule has 134 valence electrons. The van der Waals surface area contributed by atoms with E-state index < -0.39 is 0 Å². The molecule has 1 aliphatic heterocycles. The summed E-state index contributed by atoms with van der Waals surface area (Å²) in [4.78, 5) is 16.7. The van der Waals surface area contributed by atoms with Crippen molar-refractivity contribution in [2.24, 2.45) is 5.18 Å². The van der Waals surface area contributed by atoms with Gasteiger partial charge in [-0.05, 0) is 65.9 Å². The molecule has 0 amide bonds. The molecule has 26 heavy (non-hydrogen) atoms. The normalized spacial score (nSPS) is 14.6. The second kappa shape index (κ2) is 6.25. The third kappa shape index (κ3) is 2.51. The summed E-state index contributed by atoms with van der Waals surface area (Å²) < 4.78 is 0. The second-order valence-corrected chi connectivity index (χ2v) is 7.15. The number of aromatic hydroxyl groups is 1. The van der Waals surface area contributed by atoms with E-state index in [0.717, 1.165) is 42.7 Å². The number of aromatic amines is 1. The number of H-pyrrole nitrogens is 1. The lowest BCUT2D eigenvalue weighted by Crippen LogP contribution is -2.30. The molecule has 0 spiro atoms. The molecule has 0 fully saturated rings. The van der Waals surface area contributed by atoms with Gasteiger partial charge < -0.3 is 10.1 Å². The highest BCUT2D eigenvalue weighted by atomic mass is 16.3. The van der Waals surface area contributed by atoms with E-state index in [0.29, 0.717) is 5.39 Å². The third-order valence-electron chi connectivity index (χ3n) is 5.55. The van der Waals surface area contributed by atoms with Gasteiger partial charge in [0.05, 0.1) is 5.52 Å². The summed E-state index contributed by atoms with van der Waals surface area (Å²) in [6.07, 6.45) is 0.950. The van der Waals surface area contributed by atoms with Gasteiger partial charge in [0, 0.05) is 18.5 Å². The topological polar surface area (TPSA) is 68.7 Å². The third-order valence-corrected chi connectivity index (χ3v) is 5.55. The molecular formula is C21H23N3O2. The molecule has 0 aliphatic carbocycles. The summed E-state index contributed by atoms with van der Waals surface area (Å²) in [5, 5.41) is 13.9. The Hall–Kier alpha value is -2.66. The van der Waals surface area contributed by atoms with Gasteiger partial charge in [0.2, 0.25) is 5.88 Å². The Balaban J connectivity index is 2.07. The van der Waals surface area contributed by atoms with Crippen LogP contribution in [0.3, 0.4) is 0 Å². The van der Waals surface area contributed by atoms with Crippen LogP contribution in [0, 0.1) is 18.8 Å². The first kappa shape index (κ1) is 16.8. The Morgan fingerprint density at radius 3 is 2.73 bits per heavy atom. The van der Waals surface area contributed by atoms with Crippen molar-refractivity contribution in [3.63, 3.8) is 0 Å². The fourth-order valence-corrected chi connectivity index (χ4v) is 4.08. The van der Waals surface area contributed by atoms with Gasteiger partial charge in [-0.3, -0.25) is 4.90 Å². The van der Waals surface area contributed by atoms with Gasteiger partial charge in [-0.1, -0.05) is 30.7 Å². The zero-order valence-electron chi connectivity index (χ0n) is 15.4. The van der Waals surface area contributed by atoms with Crippen molar-refractivity contribution in [2.75, 3.05) is 13.1 Å². The summed E-state index contributed by atoms with van der Waals surface area (Å²) in [7, 11) is 0. The van der Waals surface area contributed by atoms with Crippen LogP contribution in [-0.2, 0) is 13.0 Å². The summed E-state index contributed by atoms with van der Waals surface area (Å²) >= 11 is 0. The summed E-state index contributed by atoms with van der Waals surface area (Å²) in [6.45, 7) is 9.15. The van der Waals surface area contributed by atoms with Gasteiger partial charge in [-0.15, -0.1) is 4.91 Å². The molecule has 0 saturated carbocycles.